The number of carbonyl (C=O) groups excluding carboxylic acids is 3. The predicted octanol–water partition coefficient (Wildman–Crippen LogP) is 18.2. The van der Waals surface area contributed by atoms with Gasteiger partial charge >= 0.3 is 23.9 Å². The topological polar surface area (TPSA) is 175 Å². The van der Waals surface area contributed by atoms with Gasteiger partial charge in [-0.25, -0.2) is 4.79 Å². The van der Waals surface area contributed by atoms with Crippen molar-refractivity contribution in [1.29, 1.82) is 0 Å². The molecule has 12 nitrogen and oxygen atoms in total. The van der Waals surface area contributed by atoms with E-state index < -0.39 is 67.3 Å². The summed E-state index contributed by atoms with van der Waals surface area (Å²) in [6, 6.07) is 0. The van der Waals surface area contributed by atoms with Crippen LogP contribution in [0.1, 0.15) is 290 Å². The Balaban J connectivity index is 2.68. The molecule has 6 unspecified atom stereocenters. The zero-order valence-corrected chi connectivity index (χ0v) is 52.7. The summed E-state index contributed by atoms with van der Waals surface area (Å²) in [5.74, 6) is -3.15. The number of unbranched alkanes of at least 4 members (excludes halogenated alkanes) is 29. The van der Waals surface area contributed by atoms with Gasteiger partial charge < -0.3 is 39.0 Å². The van der Waals surface area contributed by atoms with E-state index in [4.69, 9.17) is 23.7 Å². The summed E-state index contributed by atoms with van der Waals surface area (Å²) in [6.45, 7) is 5.86. The summed E-state index contributed by atoms with van der Waals surface area (Å²) in [4.78, 5) is 51.4. The molecule has 0 radical (unpaired) electrons. The van der Waals surface area contributed by atoms with Gasteiger partial charge in [-0.15, -0.1) is 0 Å². The SMILES string of the molecule is CC/C=C\C/C=C\C/C=C\C/C=C\C/C=C\CCCCCC(=O)OCC(COC1OC(C(=O)O)C(O)C(O)C1OC(=O)CCCCCCCCCCCCCCCCC)OC(=O)CCCCCCCCCCC/C=C\C/C=C\CCCCC. The van der Waals surface area contributed by atoms with Crippen LogP contribution in [-0.2, 0) is 42.9 Å². The number of carbonyl (C=O) groups is 4. The third kappa shape index (κ3) is 47.8. The van der Waals surface area contributed by atoms with Crippen molar-refractivity contribution in [1.82, 2.24) is 0 Å². The average Bonchev–Trinajstić information content (AvgIpc) is 3.58. The lowest BCUT2D eigenvalue weighted by molar-refractivity contribution is -0.301. The van der Waals surface area contributed by atoms with E-state index in [0.29, 0.717) is 19.3 Å². The van der Waals surface area contributed by atoms with Crippen LogP contribution in [0.15, 0.2) is 85.1 Å². The second-order valence-electron chi connectivity index (χ2n) is 22.7. The lowest BCUT2D eigenvalue weighted by Gasteiger charge is -2.40. The Hall–Kier alpha value is -4.10. The second kappa shape index (κ2) is 58.3. The third-order valence-electron chi connectivity index (χ3n) is 15.0. The van der Waals surface area contributed by atoms with Gasteiger partial charge in [0, 0.05) is 19.3 Å². The molecule has 0 aromatic carbocycles. The molecular formula is C71H120O12. The van der Waals surface area contributed by atoms with Gasteiger partial charge in [-0.2, -0.15) is 0 Å². The second-order valence-corrected chi connectivity index (χ2v) is 22.7. The van der Waals surface area contributed by atoms with E-state index in [-0.39, 0.29) is 25.9 Å². The Bertz CT molecular complexity index is 1760. The van der Waals surface area contributed by atoms with Crippen molar-refractivity contribution in [2.45, 2.75) is 327 Å². The molecule has 476 valence electrons. The van der Waals surface area contributed by atoms with Crippen molar-refractivity contribution in [3.63, 3.8) is 0 Å². The maximum Gasteiger partial charge on any atom is 0.335 e. The number of allylic oxidation sites excluding steroid dienone is 14. The Morgan fingerprint density at radius 2 is 0.759 bits per heavy atom. The van der Waals surface area contributed by atoms with Crippen LogP contribution < -0.4 is 0 Å². The van der Waals surface area contributed by atoms with E-state index in [0.717, 1.165) is 116 Å². The molecular weight excluding hydrogens is 1040 g/mol. The number of aliphatic carboxylic acids is 1. The van der Waals surface area contributed by atoms with Gasteiger partial charge in [0.05, 0.1) is 6.61 Å². The number of carboxylic acid groups (broad SMARTS) is 1. The number of aliphatic hydroxyl groups is 2. The Morgan fingerprint density at radius 3 is 1.19 bits per heavy atom. The molecule has 3 N–H and O–H groups in total. The first kappa shape index (κ1) is 76.9. The fourth-order valence-corrected chi connectivity index (χ4v) is 9.84. The average molecular weight is 1170 g/mol. The first-order valence-electron chi connectivity index (χ1n) is 33.6. The molecule has 0 aromatic rings. The van der Waals surface area contributed by atoms with Crippen molar-refractivity contribution in [2.75, 3.05) is 13.2 Å². The van der Waals surface area contributed by atoms with Gasteiger partial charge in [-0.3, -0.25) is 14.4 Å². The van der Waals surface area contributed by atoms with E-state index in [1.165, 1.54) is 116 Å². The van der Waals surface area contributed by atoms with Crippen molar-refractivity contribution in [2.24, 2.45) is 0 Å². The summed E-state index contributed by atoms with van der Waals surface area (Å²) < 4.78 is 28.5. The highest BCUT2D eigenvalue weighted by molar-refractivity contribution is 5.74. The molecule has 0 spiro atoms. The van der Waals surface area contributed by atoms with Crippen LogP contribution in [0.4, 0.5) is 0 Å². The number of hydrogen-bond acceptors (Lipinski definition) is 11. The monoisotopic (exact) mass is 1160 g/mol. The number of rotatable bonds is 57. The molecule has 12 heteroatoms. The molecule has 0 saturated carbocycles. The van der Waals surface area contributed by atoms with Crippen molar-refractivity contribution >= 4 is 23.9 Å². The largest absolute Gasteiger partial charge is 0.479 e. The van der Waals surface area contributed by atoms with E-state index in [1.54, 1.807) is 0 Å². The first-order chi connectivity index (χ1) is 40.6. The molecule has 0 aromatic heterocycles. The minimum Gasteiger partial charge on any atom is -0.479 e. The van der Waals surface area contributed by atoms with Gasteiger partial charge in [0.2, 0.25) is 0 Å². The molecule has 83 heavy (non-hydrogen) atoms. The predicted molar refractivity (Wildman–Crippen MR) is 340 cm³/mol. The van der Waals surface area contributed by atoms with Crippen LogP contribution in [0, 0.1) is 0 Å². The third-order valence-corrected chi connectivity index (χ3v) is 15.0. The summed E-state index contributed by atoms with van der Waals surface area (Å²) in [5.41, 5.74) is 0. The fourth-order valence-electron chi connectivity index (χ4n) is 9.84. The molecule has 1 fully saturated rings. The molecule has 0 amide bonds. The highest BCUT2D eigenvalue weighted by Gasteiger charge is 2.50. The summed E-state index contributed by atoms with van der Waals surface area (Å²) in [7, 11) is 0. The van der Waals surface area contributed by atoms with Crippen molar-refractivity contribution in [3.05, 3.63) is 85.1 Å². The Morgan fingerprint density at radius 1 is 0.410 bits per heavy atom. The summed E-state index contributed by atoms with van der Waals surface area (Å²) in [5, 5.41) is 31.6. The van der Waals surface area contributed by atoms with Crippen molar-refractivity contribution in [3.8, 4) is 0 Å². The minimum atomic E-state index is -1.91. The van der Waals surface area contributed by atoms with Gasteiger partial charge in [0.25, 0.3) is 0 Å². The molecule has 1 aliphatic heterocycles. The molecule has 0 aliphatic carbocycles. The lowest BCUT2D eigenvalue weighted by atomic mass is 9.98. The highest BCUT2D eigenvalue weighted by atomic mass is 16.7. The zero-order valence-electron chi connectivity index (χ0n) is 52.7. The maximum atomic E-state index is 13.2. The zero-order chi connectivity index (χ0) is 60.3. The molecule has 1 heterocycles. The molecule has 1 rings (SSSR count). The van der Waals surface area contributed by atoms with Gasteiger partial charge in [-0.05, 0) is 96.3 Å². The quantitative estimate of drug-likeness (QED) is 0.0228. The number of aliphatic hydroxyl groups excluding tert-OH is 2. The minimum absolute atomic E-state index is 0.0577. The van der Waals surface area contributed by atoms with Crippen LogP contribution in [0.25, 0.3) is 0 Å². The molecule has 6 atom stereocenters. The highest BCUT2D eigenvalue weighted by Crippen LogP contribution is 2.27. The van der Waals surface area contributed by atoms with Crippen LogP contribution in [0.2, 0.25) is 0 Å². The van der Waals surface area contributed by atoms with Crippen molar-refractivity contribution < 1.29 is 58.2 Å². The van der Waals surface area contributed by atoms with Crippen LogP contribution in [0.3, 0.4) is 0 Å². The van der Waals surface area contributed by atoms with Gasteiger partial charge in [0.1, 0.15) is 18.8 Å². The molecule has 1 aliphatic rings. The first-order valence-corrected chi connectivity index (χ1v) is 33.6. The van der Waals surface area contributed by atoms with Crippen LogP contribution in [0.5, 0.6) is 0 Å². The number of esters is 3. The van der Waals surface area contributed by atoms with Crippen LogP contribution >= 0.6 is 0 Å². The summed E-state index contributed by atoms with van der Waals surface area (Å²) >= 11 is 0. The van der Waals surface area contributed by atoms with E-state index >= 15 is 0 Å². The normalized spacial score (nSPS) is 18.1. The van der Waals surface area contributed by atoms with Gasteiger partial charge in [0.15, 0.2) is 24.6 Å². The fraction of sp³-hybridized carbons (Fsp3) is 0.746. The summed E-state index contributed by atoms with van der Waals surface area (Å²) in [6.07, 6.45) is 63.9. The standard InChI is InChI=1S/C71H120O12/c1-4-7-10-13-16-19-22-25-28-30-32-34-37-39-42-45-48-51-54-57-63(72)79-60-62(81-64(73)58-55-52-49-46-43-41-38-35-33-31-29-26-23-20-17-14-11-8-5-2)61-80-71-69(67(76)66(75)68(83-71)70(77)78)82-65(74)59-56-53-50-47-44-40-36-27-24-21-18-15-12-9-6-3/h7,10,16-17,19-20,25-26,28-29,32,34,39,42,62,66-69,71,75-76H,4-6,8-9,11-15,18,21-24,27,30-31,33,35-38,40-41,43-61H2,1-3H3,(H,77,78)/b10-7-,19-16-,20-17-,28-25-,29-26-,34-32-,42-39-. The van der Waals surface area contributed by atoms with Gasteiger partial charge in [-0.1, -0.05) is 260 Å². The van der Waals surface area contributed by atoms with E-state index in [2.05, 4.69) is 106 Å². The molecule has 1 saturated heterocycles. The van der Waals surface area contributed by atoms with Crippen LogP contribution in [-0.4, -0.2) is 89.2 Å². The molecule has 0 bridgehead atoms. The smallest absolute Gasteiger partial charge is 0.335 e. The Kier molecular flexibility index (Phi) is 54.0. The number of hydrogen-bond donors (Lipinski definition) is 3. The van der Waals surface area contributed by atoms with E-state index in [9.17, 15) is 34.5 Å². The number of carboxylic acids is 1. The Labute approximate surface area is 505 Å². The van der Waals surface area contributed by atoms with E-state index in [1.807, 2.05) is 0 Å². The maximum absolute atomic E-state index is 13.2. The number of ether oxygens (including phenoxy) is 5. The lowest BCUT2D eigenvalue weighted by Crippen LogP contribution is -2.61.